The summed E-state index contributed by atoms with van der Waals surface area (Å²) >= 11 is 5.86. The van der Waals surface area contributed by atoms with Crippen molar-refractivity contribution in [1.29, 1.82) is 0 Å². The van der Waals surface area contributed by atoms with Gasteiger partial charge >= 0.3 is 0 Å². The lowest BCUT2D eigenvalue weighted by Crippen LogP contribution is -2.30. The topological polar surface area (TPSA) is 47.3 Å². The summed E-state index contributed by atoms with van der Waals surface area (Å²) in [6.45, 7) is 3.87. The minimum atomic E-state index is -0.478. The smallest absolute Gasteiger partial charge is 0.146 e. The Kier molecular flexibility index (Phi) is 4.83. The van der Waals surface area contributed by atoms with Crippen LogP contribution in [-0.2, 0) is 0 Å². The fourth-order valence-electron chi connectivity index (χ4n) is 2.43. The zero-order valence-corrected chi connectivity index (χ0v) is 13.0. The van der Waals surface area contributed by atoms with Crippen molar-refractivity contribution in [1.82, 2.24) is 5.43 Å². The van der Waals surface area contributed by atoms with E-state index in [1.54, 1.807) is 19.2 Å². The summed E-state index contributed by atoms with van der Waals surface area (Å²) in [5.41, 5.74) is 5.89. The maximum absolute atomic E-state index is 14.2. The number of hydrogen-bond acceptors (Lipinski definition) is 3. The fraction of sp³-hybridized carbons (Fsp3) is 0.250. The first kappa shape index (κ1) is 15.8. The van der Waals surface area contributed by atoms with Crippen LogP contribution in [0.3, 0.4) is 0 Å². The SMILES string of the molecule is COc1cc(C)c(C(NN)c2cccc(Cl)c2F)cc1C. The molecule has 0 aliphatic heterocycles. The monoisotopic (exact) mass is 308 g/mol. The number of methoxy groups -OCH3 is 1. The largest absolute Gasteiger partial charge is 0.496 e. The van der Waals surface area contributed by atoms with Crippen molar-refractivity contribution < 1.29 is 9.13 Å². The molecule has 2 aromatic rings. The van der Waals surface area contributed by atoms with Gasteiger partial charge in [0.25, 0.3) is 0 Å². The highest BCUT2D eigenvalue weighted by Gasteiger charge is 2.21. The van der Waals surface area contributed by atoms with Crippen molar-refractivity contribution >= 4 is 11.6 Å². The zero-order chi connectivity index (χ0) is 15.6. The van der Waals surface area contributed by atoms with Gasteiger partial charge in [-0.2, -0.15) is 0 Å². The average Bonchev–Trinajstić information content (AvgIpc) is 2.47. The highest BCUT2D eigenvalue weighted by atomic mass is 35.5. The molecule has 0 heterocycles. The predicted molar refractivity (Wildman–Crippen MR) is 83.0 cm³/mol. The van der Waals surface area contributed by atoms with E-state index >= 15 is 0 Å². The van der Waals surface area contributed by atoms with Gasteiger partial charge in [-0.25, -0.2) is 9.82 Å². The molecular formula is C16H18ClFN2O. The van der Waals surface area contributed by atoms with Crippen LogP contribution in [0.2, 0.25) is 5.02 Å². The number of rotatable bonds is 4. The molecule has 3 nitrogen and oxygen atoms in total. The lowest BCUT2D eigenvalue weighted by Gasteiger charge is -2.21. The third-order valence-corrected chi connectivity index (χ3v) is 3.85. The zero-order valence-electron chi connectivity index (χ0n) is 12.2. The Bertz CT molecular complexity index is 661. The van der Waals surface area contributed by atoms with Crippen molar-refractivity contribution in [2.45, 2.75) is 19.9 Å². The Labute approximate surface area is 128 Å². The van der Waals surface area contributed by atoms with Crippen LogP contribution >= 0.6 is 11.6 Å². The van der Waals surface area contributed by atoms with Gasteiger partial charge in [-0.1, -0.05) is 29.8 Å². The van der Waals surface area contributed by atoms with E-state index in [-0.39, 0.29) is 5.02 Å². The van der Waals surface area contributed by atoms with E-state index in [1.165, 1.54) is 6.07 Å². The van der Waals surface area contributed by atoms with Crippen molar-refractivity contribution in [2.24, 2.45) is 5.84 Å². The summed E-state index contributed by atoms with van der Waals surface area (Å²) in [6, 6.07) is 8.27. The molecule has 0 aliphatic carbocycles. The van der Waals surface area contributed by atoms with Gasteiger partial charge in [0.1, 0.15) is 11.6 Å². The van der Waals surface area contributed by atoms with E-state index in [0.29, 0.717) is 5.56 Å². The van der Waals surface area contributed by atoms with Gasteiger partial charge in [0.05, 0.1) is 18.2 Å². The summed E-state index contributed by atoms with van der Waals surface area (Å²) in [6.07, 6.45) is 0. The van der Waals surface area contributed by atoms with E-state index < -0.39 is 11.9 Å². The van der Waals surface area contributed by atoms with Gasteiger partial charge < -0.3 is 4.74 Å². The molecule has 2 rings (SSSR count). The number of halogens is 2. The molecule has 5 heteroatoms. The van der Waals surface area contributed by atoms with Crippen LogP contribution in [0.1, 0.15) is 28.3 Å². The van der Waals surface area contributed by atoms with E-state index in [4.69, 9.17) is 22.2 Å². The highest BCUT2D eigenvalue weighted by molar-refractivity contribution is 6.30. The molecule has 112 valence electrons. The van der Waals surface area contributed by atoms with Crippen molar-refractivity contribution in [2.75, 3.05) is 7.11 Å². The molecule has 1 unspecified atom stereocenters. The molecule has 0 saturated carbocycles. The third-order valence-electron chi connectivity index (χ3n) is 3.55. The van der Waals surface area contributed by atoms with Gasteiger partial charge in [0.15, 0.2) is 0 Å². The summed E-state index contributed by atoms with van der Waals surface area (Å²) in [5.74, 6) is 5.98. The number of aryl methyl sites for hydroxylation is 2. The van der Waals surface area contributed by atoms with Crippen LogP contribution in [0.5, 0.6) is 5.75 Å². The van der Waals surface area contributed by atoms with Gasteiger partial charge in [-0.15, -0.1) is 0 Å². The minimum absolute atomic E-state index is 0.0793. The lowest BCUT2D eigenvalue weighted by molar-refractivity contribution is 0.411. The Balaban J connectivity index is 2.57. The fourth-order valence-corrected chi connectivity index (χ4v) is 2.62. The average molecular weight is 309 g/mol. The first-order valence-corrected chi connectivity index (χ1v) is 6.92. The Morgan fingerprint density at radius 2 is 1.90 bits per heavy atom. The van der Waals surface area contributed by atoms with Crippen LogP contribution in [0.25, 0.3) is 0 Å². The Morgan fingerprint density at radius 1 is 1.19 bits per heavy atom. The summed E-state index contributed by atoms with van der Waals surface area (Å²) in [4.78, 5) is 0. The molecule has 0 fully saturated rings. The number of hydrazine groups is 1. The maximum Gasteiger partial charge on any atom is 0.146 e. The van der Waals surface area contributed by atoms with Gasteiger partial charge in [-0.05, 0) is 42.7 Å². The number of benzene rings is 2. The maximum atomic E-state index is 14.2. The van der Waals surface area contributed by atoms with Crippen LogP contribution in [-0.4, -0.2) is 7.11 Å². The molecule has 21 heavy (non-hydrogen) atoms. The van der Waals surface area contributed by atoms with E-state index in [9.17, 15) is 4.39 Å². The van der Waals surface area contributed by atoms with Gasteiger partial charge in [-0.3, -0.25) is 5.84 Å². The van der Waals surface area contributed by atoms with Crippen molar-refractivity contribution in [3.05, 3.63) is 63.4 Å². The van der Waals surface area contributed by atoms with Crippen LogP contribution in [0, 0.1) is 19.7 Å². The first-order chi connectivity index (χ1) is 9.99. The Hall–Kier alpha value is -1.62. The normalized spacial score (nSPS) is 12.3. The second kappa shape index (κ2) is 6.43. The molecule has 0 radical (unpaired) electrons. The van der Waals surface area contributed by atoms with E-state index in [2.05, 4.69) is 5.43 Å². The van der Waals surface area contributed by atoms with Crippen molar-refractivity contribution in [3.63, 3.8) is 0 Å². The van der Waals surface area contributed by atoms with Crippen LogP contribution in [0.4, 0.5) is 4.39 Å². The second-order valence-electron chi connectivity index (χ2n) is 4.92. The molecule has 0 bridgehead atoms. The highest BCUT2D eigenvalue weighted by Crippen LogP contribution is 2.32. The number of nitrogens with two attached hydrogens (primary N) is 1. The minimum Gasteiger partial charge on any atom is -0.496 e. The molecule has 3 N–H and O–H groups in total. The number of ether oxygens (including phenoxy) is 1. The molecule has 0 saturated heterocycles. The van der Waals surface area contributed by atoms with Gasteiger partial charge in [0.2, 0.25) is 0 Å². The molecule has 0 amide bonds. The quantitative estimate of drug-likeness (QED) is 0.669. The lowest BCUT2D eigenvalue weighted by atomic mass is 9.93. The summed E-state index contributed by atoms with van der Waals surface area (Å²) < 4.78 is 19.5. The van der Waals surface area contributed by atoms with E-state index in [0.717, 1.165) is 22.4 Å². The third kappa shape index (κ3) is 3.02. The standard InChI is InChI=1S/C16H18ClFN2O/c1-9-8-14(21-3)10(2)7-12(9)16(20-19)11-5-4-6-13(17)15(11)18/h4-8,16,20H,19H2,1-3H3. The molecular weight excluding hydrogens is 291 g/mol. The predicted octanol–water partition coefficient (Wildman–Crippen LogP) is 3.66. The molecule has 0 spiro atoms. The van der Waals surface area contributed by atoms with E-state index in [1.807, 2.05) is 26.0 Å². The Morgan fingerprint density at radius 3 is 2.52 bits per heavy atom. The van der Waals surface area contributed by atoms with Crippen LogP contribution in [0.15, 0.2) is 30.3 Å². The molecule has 0 aromatic heterocycles. The number of nitrogens with one attached hydrogen (secondary N) is 1. The second-order valence-corrected chi connectivity index (χ2v) is 5.33. The number of hydrogen-bond donors (Lipinski definition) is 2. The summed E-state index contributed by atoms with van der Waals surface area (Å²) in [7, 11) is 1.62. The molecule has 1 atom stereocenters. The first-order valence-electron chi connectivity index (χ1n) is 6.54. The van der Waals surface area contributed by atoms with Crippen molar-refractivity contribution in [3.8, 4) is 5.75 Å². The van der Waals surface area contributed by atoms with Crippen LogP contribution < -0.4 is 16.0 Å². The van der Waals surface area contributed by atoms with Gasteiger partial charge in [0, 0.05) is 5.56 Å². The molecule has 2 aromatic carbocycles. The molecule has 0 aliphatic rings. The summed E-state index contributed by atoms with van der Waals surface area (Å²) in [5, 5.41) is 0.0793.